The fourth-order valence-electron chi connectivity index (χ4n) is 2.16. The molecule has 0 saturated carbocycles. The van der Waals surface area contributed by atoms with Gasteiger partial charge in [0.25, 0.3) is 0 Å². The van der Waals surface area contributed by atoms with Crippen LogP contribution >= 0.6 is 0 Å². The van der Waals surface area contributed by atoms with Gasteiger partial charge in [0, 0.05) is 33.6 Å². The van der Waals surface area contributed by atoms with E-state index in [0.717, 1.165) is 37.6 Å². The Kier molecular flexibility index (Phi) is 8.57. The van der Waals surface area contributed by atoms with E-state index < -0.39 is 0 Å². The Balaban J connectivity index is 2.36. The number of rotatable bonds is 8. The molecule has 6 nitrogen and oxygen atoms in total. The highest BCUT2D eigenvalue weighted by atomic mass is 16.5. The first kappa shape index (κ1) is 18.8. The Labute approximate surface area is 138 Å². The van der Waals surface area contributed by atoms with Crippen LogP contribution in [0.2, 0.25) is 0 Å². The maximum atomic E-state index is 11.0. The number of unbranched alkanes of at least 4 members (excludes halogenated alkanes) is 1. The van der Waals surface area contributed by atoms with E-state index in [1.165, 1.54) is 12.7 Å². The molecule has 0 atom stereocenters. The molecule has 0 unspecified atom stereocenters. The van der Waals surface area contributed by atoms with Crippen molar-refractivity contribution < 1.29 is 14.3 Å². The van der Waals surface area contributed by atoms with Gasteiger partial charge in [-0.3, -0.25) is 9.79 Å². The summed E-state index contributed by atoms with van der Waals surface area (Å²) in [4.78, 5) is 17.4. The minimum atomic E-state index is -0.161. The third-order valence-corrected chi connectivity index (χ3v) is 3.47. The first-order chi connectivity index (χ1) is 11.1. The van der Waals surface area contributed by atoms with Gasteiger partial charge < -0.3 is 19.7 Å². The largest absolute Gasteiger partial charge is 0.497 e. The van der Waals surface area contributed by atoms with Crippen LogP contribution < -0.4 is 10.1 Å². The average Bonchev–Trinajstić information content (AvgIpc) is 2.58. The molecule has 0 aliphatic carbocycles. The van der Waals surface area contributed by atoms with E-state index in [0.29, 0.717) is 6.42 Å². The monoisotopic (exact) mass is 321 g/mol. The summed E-state index contributed by atoms with van der Waals surface area (Å²) in [5, 5.41) is 3.30. The van der Waals surface area contributed by atoms with Crippen molar-refractivity contribution in [2.24, 2.45) is 4.99 Å². The molecule has 0 fully saturated rings. The molecule has 128 valence electrons. The van der Waals surface area contributed by atoms with Crippen molar-refractivity contribution in [2.45, 2.75) is 25.8 Å². The molecule has 0 aromatic heterocycles. The molecule has 1 aromatic rings. The normalized spacial score (nSPS) is 11.0. The molecule has 1 rings (SSSR count). The maximum absolute atomic E-state index is 11.0. The summed E-state index contributed by atoms with van der Waals surface area (Å²) in [5.74, 6) is 1.52. The molecule has 0 aliphatic heterocycles. The summed E-state index contributed by atoms with van der Waals surface area (Å²) in [5.41, 5.74) is 1.18. The van der Waals surface area contributed by atoms with Crippen molar-refractivity contribution in [1.29, 1.82) is 0 Å². The van der Waals surface area contributed by atoms with Crippen LogP contribution in [0.1, 0.15) is 24.8 Å². The number of nitrogens with one attached hydrogen (secondary N) is 1. The first-order valence-corrected chi connectivity index (χ1v) is 7.72. The summed E-state index contributed by atoms with van der Waals surface area (Å²) in [7, 11) is 6.83. The quantitative estimate of drug-likeness (QED) is 0.344. The highest BCUT2D eigenvalue weighted by Crippen LogP contribution is 2.12. The van der Waals surface area contributed by atoms with Gasteiger partial charge in [-0.2, -0.15) is 0 Å². The number of guanidine groups is 1. The number of ether oxygens (including phenoxy) is 2. The van der Waals surface area contributed by atoms with Crippen molar-refractivity contribution in [3.8, 4) is 5.75 Å². The fourth-order valence-corrected chi connectivity index (χ4v) is 2.16. The Morgan fingerprint density at radius 3 is 2.48 bits per heavy atom. The second-order valence-corrected chi connectivity index (χ2v) is 5.21. The second-order valence-electron chi connectivity index (χ2n) is 5.21. The lowest BCUT2D eigenvalue weighted by Crippen LogP contribution is -2.38. The number of carbonyl (C=O) groups is 1. The van der Waals surface area contributed by atoms with Gasteiger partial charge in [0.1, 0.15) is 5.75 Å². The average molecular weight is 321 g/mol. The zero-order valence-electron chi connectivity index (χ0n) is 14.5. The van der Waals surface area contributed by atoms with Gasteiger partial charge in [0.2, 0.25) is 0 Å². The van der Waals surface area contributed by atoms with E-state index in [1.54, 1.807) is 14.2 Å². The zero-order valence-corrected chi connectivity index (χ0v) is 14.5. The molecular weight excluding hydrogens is 294 g/mol. The van der Waals surface area contributed by atoms with Crippen LogP contribution in [-0.2, 0) is 16.1 Å². The first-order valence-electron chi connectivity index (χ1n) is 7.72. The number of esters is 1. The van der Waals surface area contributed by atoms with Gasteiger partial charge in [-0.1, -0.05) is 12.1 Å². The van der Waals surface area contributed by atoms with E-state index in [9.17, 15) is 4.79 Å². The summed E-state index contributed by atoms with van der Waals surface area (Å²) < 4.78 is 9.78. The molecule has 0 radical (unpaired) electrons. The van der Waals surface area contributed by atoms with E-state index >= 15 is 0 Å². The smallest absolute Gasteiger partial charge is 0.305 e. The predicted molar refractivity (Wildman–Crippen MR) is 91.7 cm³/mol. The second kappa shape index (κ2) is 10.5. The van der Waals surface area contributed by atoms with E-state index in [1.807, 2.05) is 31.3 Å². The third-order valence-electron chi connectivity index (χ3n) is 3.47. The van der Waals surface area contributed by atoms with Crippen molar-refractivity contribution in [1.82, 2.24) is 10.2 Å². The van der Waals surface area contributed by atoms with E-state index in [-0.39, 0.29) is 5.97 Å². The molecule has 23 heavy (non-hydrogen) atoms. The number of aliphatic imine (C=N–C) groups is 1. The lowest BCUT2D eigenvalue weighted by molar-refractivity contribution is -0.140. The van der Waals surface area contributed by atoms with Crippen LogP contribution in [0.3, 0.4) is 0 Å². The van der Waals surface area contributed by atoms with Crippen LogP contribution in [0.4, 0.5) is 0 Å². The Morgan fingerprint density at radius 2 is 1.91 bits per heavy atom. The van der Waals surface area contributed by atoms with Crippen molar-refractivity contribution in [2.75, 3.05) is 34.9 Å². The van der Waals surface area contributed by atoms with Crippen LogP contribution in [0.15, 0.2) is 29.3 Å². The Bertz CT molecular complexity index is 500. The highest BCUT2D eigenvalue weighted by Gasteiger charge is 2.07. The van der Waals surface area contributed by atoms with Crippen LogP contribution in [0, 0.1) is 0 Å². The van der Waals surface area contributed by atoms with Gasteiger partial charge in [-0.05, 0) is 30.5 Å². The molecule has 0 spiro atoms. The van der Waals surface area contributed by atoms with Crippen LogP contribution in [0.25, 0.3) is 0 Å². The number of hydrogen-bond donors (Lipinski definition) is 1. The molecule has 6 heteroatoms. The molecule has 0 saturated heterocycles. The van der Waals surface area contributed by atoms with Gasteiger partial charge in [-0.15, -0.1) is 0 Å². The zero-order chi connectivity index (χ0) is 17.1. The summed E-state index contributed by atoms with van der Waals surface area (Å²) in [6, 6.07) is 7.98. The molecule has 0 heterocycles. The van der Waals surface area contributed by atoms with Crippen LogP contribution in [0.5, 0.6) is 5.75 Å². The number of hydrogen-bond acceptors (Lipinski definition) is 4. The maximum Gasteiger partial charge on any atom is 0.305 e. The lowest BCUT2D eigenvalue weighted by Gasteiger charge is -2.22. The molecule has 1 N–H and O–H groups in total. The molecule has 1 aromatic carbocycles. The van der Waals surface area contributed by atoms with Gasteiger partial charge in [-0.25, -0.2) is 0 Å². The standard InChI is InChI=1S/C17H27N3O3/c1-18-17(19-12-6-5-7-16(21)23-4)20(2)13-14-8-10-15(22-3)11-9-14/h8-11H,5-7,12-13H2,1-4H3,(H,18,19). The van der Waals surface area contributed by atoms with Crippen molar-refractivity contribution in [3.05, 3.63) is 29.8 Å². The fraction of sp³-hybridized carbons (Fsp3) is 0.529. The topological polar surface area (TPSA) is 63.2 Å². The highest BCUT2D eigenvalue weighted by molar-refractivity contribution is 5.79. The summed E-state index contributed by atoms with van der Waals surface area (Å²) in [6.07, 6.45) is 2.15. The minimum absolute atomic E-state index is 0.161. The third kappa shape index (κ3) is 7.04. The van der Waals surface area contributed by atoms with E-state index in [2.05, 4.69) is 19.9 Å². The number of carbonyl (C=O) groups excluding carboxylic acids is 1. The molecule has 0 bridgehead atoms. The molecule has 0 amide bonds. The van der Waals surface area contributed by atoms with Gasteiger partial charge >= 0.3 is 5.97 Å². The summed E-state index contributed by atoms with van der Waals surface area (Å²) in [6.45, 7) is 1.53. The summed E-state index contributed by atoms with van der Waals surface area (Å²) >= 11 is 0. The van der Waals surface area contributed by atoms with Crippen molar-refractivity contribution in [3.63, 3.8) is 0 Å². The molecule has 0 aliphatic rings. The lowest BCUT2D eigenvalue weighted by atomic mass is 10.2. The number of methoxy groups -OCH3 is 2. The minimum Gasteiger partial charge on any atom is -0.497 e. The predicted octanol–water partition coefficient (Wildman–Crippen LogP) is 2.05. The Morgan fingerprint density at radius 1 is 1.22 bits per heavy atom. The van der Waals surface area contributed by atoms with Gasteiger partial charge in [0.15, 0.2) is 5.96 Å². The number of benzene rings is 1. The molecular formula is C17H27N3O3. The van der Waals surface area contributed by atoms with E-state index in [4.69, 9.17) is 4.74 Å². The number of nitrogens with zero attached hydrogens (tertiary/aromatic N) is 2. The SMILES string of the molecule is CN=C(NCCCCC(=O)OC)N(C)Cc1ccc(OC)cc1. The van der Waals surface area contributed by atoms with Gasteiger partial charge in [0.05, 0.1) is 14.2 Å². The van der Waals surface area contributed by atoms with Crippen molar-refractivity contribution >= 4 is 11.9 Å². The Hall–Kier alpha value is -2.24. The van der Waals surface area contributed by atoms with Crippen LogP contribution in [-0.4, -0.2) is 51.7 Å².